The van der Waals surface area contributed by atoms with Crippen LogP contribution in [0.1, 0.15) is 34.6 Å². The molecular weight excluding hydrogens is 354 g/mol. The molecule has 0 unspecified atom stereocenters. The van der Waals surface area contributed by atoms with Crippen LogP contribution in [0.4, 0.5) is 11.4 Å². The third kappa shape index (κ3) is 2.83. The average Bonchev–Trinajstić information content (AvgIpc) is 2.87. The fraction of sp³-hybridized carbons (Fsp3) is 0.158. The molecule has 2 aromatic rings. The smallest absolute Gasteiger partial charge is 0.266 e. The quantitative estimate of drug-likeness (QED) is 0.839. The van der Waals surface area contributed by atoms with Gasteiger partial charge >= 0.3 is 0 Å². The molecule has 26 heavy (non-hydrogen) atoms. The van der Waals surface area contributed by atoms with Crippen LogP contribution in [-0.2, 0) is 4.79 Å². The van der Waals surface area contributed by atoms with Crippen LogP contribution in [0.3, 0.4) is 0 Å². The molecule has 0 radical (unpaired) electrons. The van der Waals surface area contributed by atoms with Crippen LogP contribution in [0.15, 0.2) is 42.5 Å². The summed E-state index contributed by atoms with van der Waals surface area (Å²) >= 11 is 6.25. The molecule has 3 amide bonds. The minimum Gasteiger partial charge on any atom is -0.325 e. The van der Waals surface area contributed by atoms with Crippen molar-refractivity contribution in [3.05, 3.63) is 58.6 Å². The summed E-state index contributed by atoms with van der Waals surface area (Å²) in [4.78, 5) is 38.2. The molecule has 0 saturated carbocycles. The molecule has 7 heteroatoms. The van der Waals surface area contributed by atoms with Crippen molar-refractivity contribution in [2.45, 2.75) is 13.8 Å². The van der Waals surface area contributed by atoms with E-state index in [9.17, 15) is 14.4 Å². The Morgan fingerprint density at radius 3 is 2.19 bits per heavy atom. The van der Waals surface area contributed by atoms with Crippen LogP contribution in [-0.4, -0.2) is 17.7 Å². The zero-order valence-electron chi connectivity index (χ0n) is 14.0. The molecular formula is C19H14ClN3O3. The average molecular weight is 368 g/mol. The van der Waals surface area contributed by atoms with Gasteiger partial charge in [0.2, 0.25) is 5.91 Å². The molecule has 130 valence electrons. The van der Waals surface area contributed by atoms with Crippen LogP contribution >= 0.6 is 11.6 Å². The molecule has 0 fully saturated rings. The topological polar surface area (TPSA) is 90.3 Å². The van der Waals surface area contributed by atoms with E-state index in [4.69, 9.17) is 16.9 Å². The predicted octanol–water partition coefficient (Wildman–Crippen LogP) is 3.63. The number of hydrogen-bond acceptors (Lipinski definition) is 4. The van der Waals surface area contributed by atoms with Crippen LogP contribution in [0.5, 0.6) is 0 Å². The van der Waals surface area contributed by atoms with E-state index in [0.29, 0.717) is 16.8 Å². The maximum Gasteiger partial charge on any atom is 0.266 e. The van der Waals surface area contributed by atoms with Crippen LogP contribution in [0, 0.1) is 16.7 Å². The standard InChI is InChI=1S/C19H14ClN3O3/c1-19(2,10-21)18(26)22-11-7-8-15(14(20)9-11)23-16(24)12-5-3-4-6-13(12)17(23)25/h3-9H,1-2H3,(H,22,26). The van der Waals surface area contributed by atoms with Gasteiger partial charge in [0.25, 0.3) is 11.8 Å². The maximum absolute atomic E-state index is 12.5. The van der Waals surface area contributed by atoms with Gasteiger partial charge in [0.15, 0.2) is 0 Å². The number of fused-ring (bicyclic) bond motifs is 1. The zero-order valence-corrected chi connectivity index (χ0v) is 14.8. The molecule has 0 saturated heterocycles. The van der Waals surface area contributed by atoms with Crippen LogP contribution in [0.2, 0.25) is 5.02 Å². The number of halogens is 1. The highest BCUT2D eigenvalue weighted by Gasteiger charge is 2.37. The summed E-state index contributed by atoms with van der Waals surface area (Å²) in [7, 11) is 0. The van der Waals surface area contributed by atoms with Gasteiger partial charge in [-0.1, -0.05) is 23.7 Å². The second kappa shape index (κ2) is 6.28. The van der Waals surface area contributed by atoms with Gasteiger partial charge in [-0.15, -0.1) is 0 Å². The summed E-state index contributed by atoms with van der Waals surface area (Å²) in [6, 6.07) is 12.9. The first-order chi connectivity index (χ1) is 12.3. The Morgan fingerprint density at radius 1 is 1.12 bits per heavy atom. The molecule has 3 rings (SSSR count). The highest BCUT2D eigenvalue weighted by Crippen LogP contribution is 2.35. The predicted molar refractivity (Wildman–Crippen MR) is 97.1 cm³/mol. The number of amides is 3. The molecule has 0 atom stereocenters. The minimum atomic E-state index is -1.20. The number of nitriles is 1. The molecule has 0 spiro atoms. The van der Waals surface area contributed by atoms with Crippen molar-refractivity contribution in [3.63, 3.8) is 0 Å². The van der Waals surface area contributed by atoms with Crippen LogP contribution < -0.4 is 10.2 Å². The van der Waals surface area contributed by atoms with Gasteiger partial charge in [-0.25, -0.2) is 4.90 Å². The van der Waals surface area contributed by atoms with E-state index in [1.54, 1.807) is 24.3 Å². The van der Waals surface area contributed by atoms with E-state index in [1.165, 1.54) is 32.0 Å². The molecule has 0 bridgehead atoms. The Bertz CT molecular complexity index is 957. The molecule has 1 heterocycles. The van der Waals surface area contributed by atoms with Gasteiger partial charge < -0.3 is 5.32 Å². The first kappa shape index (κ1) is 17.6. The lowest BCUT2D eigenvalue weighted by Gasteiger charge is -2.18. The number of hydrogen-bond donors (Lipinski definition) is 1. The van der Waals surface area contributed by atoms with Crippen LogP contribution in [0.25, 0.3) is 0 Å². The maximum atomic E-state index is 12.5. The summed E-state index contributed by atoms with van der Waals surface area (Å²) < 4.78 is 0. The van der Waals surface area contributed by atoms with Crippen molar-refractivity contribution in [3.8, 4) is 6.07 Å². The molecule has 2 aromatic carbocycles. The normalized spacial score (nSPS) is 13.4. The monoisotopic (exact) mass is 367 g/mol. The Balaban J connectivity index is 1.90. The Kier molecular flexibility index (Phi) is 4.26. The number of rotatable bonds is 3. The third-order valence-electron chi connectivity index (χ3n) is 4.09. The van der Waals surface area contributed by atoms with Crippen molar-refractivity contribution in [1.29, 1.82) is 5.26 Å². The Morgan fingerprint density at radius 2 is 1.69 bits per heavy atom. The SMILES string of the molecule is CC(C)(C#N)C(=O)Nc1ccc(N2C(=O)c3ccccc3C2=O)c(Cl)c1. The largest absolute Gasteiger partial charge is 0.325 e. The lowest BCUT2D eigenvalue weighted by Crippen LogP contribution is -2.30. The van der Waals surface area contributed by atoms with E-state index in [1.807, 2.05) is 6.07 Å². The van der Waals surface area contributed by atoms with Gasteiger partial charge in [0.1, 0.15) is 5.41 Å². The zero-order chi connectivity index (χ0) is 19.1. The molecule has 1 aliphatic rings. The minimum absolute atomic E-state index is 0.132. The second-order valence-electron chi connectivity index (χ2n) is 6.35. The molecule has 1 aliphatic heterocycles. The summed E-state index contributed by atoms with van der Waals surface area (Å²) in [5.41, 5.74) is 0.0377. The molecule has 6 nitrogen and oxygen atoms in total. The highest BCUT2D eigenvalue weighted by atomic mass is 35.5. The van der Waals surface area contributed by atoms with Gasteiger partial charge in [0.05, 0.1) is 27.9 Å². The van der Waals surface area contributed by atoms with Crippen molar-refractivity contribution < 1.29 is 14.4 Å². The van der Waals surface area contributed by atoms with Crippen molar-refractivity contribution in [2.75, 3.05) is 10.2 Å². The summed E-state index contributed by atoms with van der Waals surface area (Å²) in [5, 5.41) is 11.7. The van der Waals surface area contributed by atoms with E-state index < -0.39 is 23.1 Å². The van der Waals surface area contributed by atoms with Crippen molar-refractivity contribution >= 4 is 40.7 Å². The number of nitrogens with one attached hydrogen (secondary N) is 1. The fourth-order valence-corrected chi connectivity index (χ4v) is 2.78. The number of nitrogens with zero attached hydrogens (tertiary/aromatic N) is 2. The van der Waals surface area contributed by atoms with E-state index in [-0.39, 0.29) is 10.7 Å². The van der Waals surface area contributed by atoms with Gasteiger partial charge in [-0.05, 0) is 44.2 Å². The first-order valence-electron chi connectivity index (χ1n) is 7.76. The molecule has 1 N–H and O–H groups in total. The number of carbonyl (C=O) groups excluding carboxylic acids is 3. The van der Waals surface area contributed by atoms with Crippen molar-refractivity contribution in [1.82, 2.24) is 0 Å². The van der Waals surface area contributed by atoms with E-state index in [2.05, 4.69) is 5.32 Å². The Labute approximate surface area is 155 Å². The summed E-state index contributed by atoms with van der Waals surface area (Å²) in [6.45, 7) is 2.99. The second-order valence-corrected chi connectivity index (χ2v) is 6.76. The lowest BCUT2D eigenvalue weighted by atomic mass is 9.94. The number of anilines is 2. The van der Waals surface area contributed by atoms with E-state index >= 15 is 0 Å². The molecule has 0 aliphatic carbocycles. The highest BCUT2D eigenvalue weighted by molar-refractivity contribution is 6.40. The Hall–Kier alpha value is -3.17. The molecule has 0 aromatic heterocycles. The third-order valence-corrected chi connectivity index (χ3v) is 4.39. The number of carbonyl (C=O) groups is 3. The summed E-state index contributed by atoms with van der Waals surface area (Å²) in [5.74, 6) is -1.38. The van der Waals surface area contributed by atoms with Gasteiger partial charge in [0, 0.05) is 5.69 Å². The van der Waals surface area contributed by atoms with Gasteiger partial charge in [-0.3, -0.25) is 14.4 Å². The van der Waals surface area contributed by atoms with Gasteiger partial charge in [-0.2, -0.15) is 5.26 Å². The summed E-state index contributed by atoms with van der Waals surface area (Å²) in [6.07, 6.45) is 0. The van der Waals surface area contributed by atoms with E-state index in [0.717, 1.165) is 4.90 Å². The van der Waals surface area contributed by atoms with Crippen molar-refractivity contribution in [2.24, 2.45) is 5.41 Å². The lowest BCUT2D eigenvalue weighted by molar-refractivity contribution is -0.121. The fourth-order valence-electron chi connectivity index (χ4n) is 2.51. The first-order valence-corrected chi connectivity index (χ1v) is 8.14. The number of benzene rings is 2. The number of imide groups is 1.